The molecule has 0 aliphatic carbocycles. The summed E-state index contributed by atoms with van der Waals surface area (Å²) < 4.78 is 45.8. The Kier molecular flexibility index (Phi) is 12.3. The van der Waals surface area contributed by atoms with E-state index < -0.39 is 53.9 Å². The standard InChI is InChI=1S/C43H38FNO9S/c1-27(46)45-26-55-35-23-22-33(25-34(35)31-20-13-21-32(44)24-31)50-42-37(52-40(48)29-16-9-5-10-17-29)36(51-39(47)28-14-7-4-8-15-28)38(43(2,3)54-42)53-41(49)30-18-11-6-12-19-30/h4-25,36-38,42H,26H2,1-3H3,(H,45,46)/t36-,37+,38+,42+/m0/s1. The van der Waals surface area contributed by atoms with E-state index in [4.69, 9.17) is 23.7 Å². The third kappa shape index (κ3) is 9.77. The summed E-state index contributed by atoms with van der Waals surface area (Å²) in [5.41, 5.74) is 0.371. The van der Waals surface area contributed by atoms with Crippen LogP contribution in [0.15, 0.2) is 138 Å². The van der Waals surface area contributed by atoms with Crippen molar-refractivity contribution in [3.05, 3.63) is 156 Å². The van der Waals surface area contributed by atoms with E-state index >= 15 is 0 Å². The van der Waals surface area contributed by atoms with Crippen LogP contribution < -0.4 is 10.1 Å². The first-order valence-electron chi connectivity index (χ1n) is 17.4. The Labute approximate surface area is 321 Å². The van der Waals surface area contributed by atoms with Crippen molar-refractivity contribution in [1.82, 2.24) is 5.32 Å². The molecular formula is C43H38FNO9S. The number of benzene rings is 5. The SMILES string of the molecule is CC(=O)NCSc1ccc(O[C@@H]2OC(C)(C)[C@H](OC(=O)c3ccccc3)[C@@H](OC(=O)c3ccccc3)[C@H]2OC(=O)c2ccccc2)cc1-c1cccc(F)c1. The molecule has 1 fully saturated rings. The lowest BCUT2D eigenvalue weighted by Crippen LogP contribution is -2.66. The maximum Gasteiger partial charge on any atom is 0.338 e. The van der Waals surface area contributed by atoms with Gasteiger partial charge in [0.25, 0.3) is 0 Å². The van der Waals surface area contributed by atoms with Gasteiger partial charge in [-0.3, -0.25) is 4.79 Å². The van der Waals surface area contributed by atoms with E-state index in [2.05, 4.69) is 5.32 Å². The fraction of sp³-hybridized carbons (Fsp3) is 0.209. The normalized spacial score (nSPS) is 18.7. The summed E-state index contributed by atoms with van der Waals surface area (Å²) in [6, 6.07) is 35.8. The predicted octanol–water partition coefficient (Wildman–Crippen LogP) is 7.87. The van der Waals surface area contributed by atoms with Gasteiger partial charge in [-0.05, 0) is 91.7 Å². The molecule has 282 valence electrons. The maximum absolute atomic E-state index is 14.5. The van der Waals surface area contributed by atoms with Crippen LogP contribution in [0.3, 0.4) is 0 Å². The largest absolute Gasteiger partial charge is 0.461 e. The molecule has 1 amide bonds. The second-order valence-corrected chi connectivity index (χ2v) is 14.1. The summed E-state index contributed by atoms with van der Waals surface area (Å²) in [5, 5.41) is 2.74. The van der Waals surface area contributed by atoms with E-state index in [9.17, 15) is 23.6 Å². The highest BCUT2D eigenvalue weighted by Gasteiger charge is 2.57. The smallest absolute Gasteiger partial charge is 0.338 e. The molecular weight excluding hydrogens is 726 g/mol. The first-order valence-corrected chi connectivity index (χ1v) is 18.4. The topological polar surface area (TPSA) is 126 Å². The van der Waals surface area contributed by atoms with Crippen LogP contribution in [0.4, 0.5) is 4.39 Å². The van der Waals surface area contributed by atoms with Crippen molar-refractivity contribution in [2.24, 2.45) is 0 Å². The number of esters is 3. The van der Waals surface area contributed by atoms with Crippen LogP contribution in [-0.4, -0.2) is 59.9 Å². The summed E-state index contributed by atoms with van der Waals surface area (Å²) in [6.07, 6.45) is -5.68. The molecule has 1 saturated heterocycles. The first-order chi connectivity index (χ1) is 26.5. The number of hydrogen-bond acceptors (Lipinski definition) is 10. The van der Waals surface area contributed by atoms with Crippen LogP contribution in [0.1, 0.15) is 51.8 Å². The Hall–Kier alpha value is -5.98. The molecule has 12 heteroatoms. The van der Waals surface area contributed by atoms with Crippen molar-refractivity contribution in [2.45, 2.75) is 55.9 Å². The van der Waals surface area contributed by atoms with Crippen molar-refractivity contribution in [3.63, 3.8) is 0 Å². The van der Waals surface area contributed by atoms with Gasteiger partial charge in [0, 0.05) is 11.8 Å². The molecule has 1 heterocycles. The van der Waals surface area contributed by atoms with Crippen molar-refractivity contribution in [1.29, 1.82) is 0 Å². The molecule has 6 rings (SSSR count). The van der Waals surface area contributed by atoms with Gasteiger partial charge >= 0.3 is 17.9 Å². The summed E-state index contributed by atoms with van der Waals surface area (Å²) in [6.45, 7) is 4.70. The van der Waals surface area contributed by atoms with Crippen molar-refractivity contribution in [3.8, 4) is 16.9 Å². The Morgan fingerprint density at radius 2 is 1.24 bits per heavy atom. The van der Waals surface area contributed by atoms with E-state index in [1.165, 1.54) is 30.8 Å². The van der Waals surface area contributed by atoms with Gasteiger partial charge in [0.15, 0.2) is 12.2 Å². The summed E-state index contributed by atoms with van der Waals surface area (Å²) in [7, 11) is 0. The van der Waals surface area contributed by atoms with Gasteiger partial charge in [-0.25, -0.2) is 18.8 Å². The summed E-state index contributed by atoms with van der Waals surface area (Å²) >= 11 is 1.33. The minimum Gasteiger partial charge on any atom is -0.461 e. The minimum absolute atomic E-state index is 0.200. The molecule has 1 N–H and O–H groups in total. The van der Waals surface area contributed by atoms with Crippen LogP contribution in [0, 0.1) is 5.82 Å². The number of rotatable bonds is 12. The van der Waals surface area contributed by atoms with Gasteiger partial charge in [0.05, 0.1) is 22.6 Å². The number of carbonyl (C=O) groups is 4. The maximum atomic E-state index is 14.5. The van der Waals surface area contributed by atoms with Crippen molar-refractivity contribution in [2.75, 3.05) is 5.88 Å². The van der Waals surface area contributed by atoms with E-state index in [1.54, 1.807) is 135 Å². The van der Waals surface area contributed by atoms with E-state index in [-0.39, 0.29) is 34.2 Å². The predicted molar refractivity (Wildman–Crippen MR) is 203 cm³/mol. The average Bonchev–Trinajstić information content (AvgIpc) is 3.18. The zero-order valence-electron chi connectivity index (χ0n) is 30.2. The fourth-order valence-corrected chi connectivity index (χ4v) is 6.86. The van der Waals surface area contributed by atoms with Crippen LogP contribution >= 0.6 is 11.8 Å². The number of carbonyl (C=O) groups excluding carboxylic acids is 4. The number of ether oxygens (including phenoxy) is 5. The second kappa shape index (κ2) is 17.4. The molecule has 1 aliphatic rings. The van der Waals surface area contributed by atoms with Gasteiger partial charge in [-0.1, -0.05) is 66.7 Å². The number of thioether (sulfide) groups is 1. The lowest BCUT2D eigenvalue weighted by atomic mass is 9.89. The molecule has 4 atom stereocenters. The molecule has 1 aliphatic heterocycles. The second-order valence-electron chi connectivity index (χ2n) is 13.1. The van der Waals surface area contributed by atoms with Gasteiger partial charge < -0.3 is 29.0 Å². The Morgan fingerprint density at radius 3 is 1.78 bits per heavy atom. The highest BCUT2D eigenvalue weighted by molar-refractivity contribution is 7.99. The zero-order chi connectivity index (χ0) is 39.0. The first kappa shape index (κ1) is 38.7. The summed E-state index contributed by atoms with van der Waals surface area (Å²) in [4.78, 5) is 53.3. The molecule has 10 nitrogen and oxygen atoms in total. The van der Waals surface area contributed by atoms with Gasteiger partial charge in [-0.2, -0.15) is 0 Å². The third-order valence-corrected chi connectivity index (χ3v) is 9.59. The molecule has 0 radical (unpaired) electrons. The Bertz CT molecular complexity index is 2130. The number of halogens is 1. The lowest BCUT2D eigenvalue weighted by Gasteiger charge is -2.48. The van der Waals surface area contributed by atoms with Gasteiger partial charge in [-0.15, -0.1) is 11.8 Å². The zero-order valence-corrected chi connectivity index (χ0v) is 31.0. The van der Waals surface area contributed by atoms with Crippen LogP contribution in [0.25, 0.3) is 11.1 Å². The quantitative estimate of drug-likeness (QED) is 0.0581. The highest BCUT2D eigenvalue weighted by Crippen LogP contribution is 2.39. The molecule has 0 unspecified atom stereocenters. The van der Waals surface area contributed by atoms with E-state index in [0.29, 0.717) is 16.0 Å². The Morgan fingerprint density at radius 1 is 0.691 bits per heavy atom. The molecule has 5 aromatic carbocycles. The van der Waals surface area contributed by atoms with Crippen LogP contribution in [0.5, 0.6) is 5.75 Å². The number of nitrogens with one attached hydrogen (secondary N) is 1. The summed E-state index contributed by atoms with van der Waals surface area (Å²) in [5.74, 6) is -2.43. The van der Waals surface area contributed by atoms with Crippen molar-refractivity contribution < 1.29 is 47.3 Å². The average molecular weight is 764 g/mol. The molecule has 0 bridgehead atoms. The van der Waals surface area contributed by atoms with Gasteiger partial charge in [0.2, 0.25) is 18.3 Å². The van der Waals surface area contributed by atoms with E-state index in [1.807, 2.05) is 0 Å². The molecule has 0 spiro atoms. The van der Waals surface area contributed by atoms with Gasteiger partial charge in [0.1, 0.15) is 17.2 Å². The fourth-order valence-electron chi connectivity index (χ4n) is 5.94. The van der Waals surface area contributed by atoms with Crippen molar-refractivity contribution >= 4 is 35.6 Å². The minimum atomic E-state index is -1.49. The van der Waals surface area contributed by atoms with E-state index in [0.717, 1.165) is 0 Å². The lowest BCUT2D eigenvalue weighted by molar-refractivity contribution is -0.299. The van der Waals surface area contributed by atoms with Crippen LogP contribution in [0.2, 0.25) is 0 Å². The molecule has 0 aromatic heterocycles. The highest BCUT2D eigenvalue weighted by atomic mass is 32.2. The molecule has 5 aromatic rings. The molecule has 0 saturated carbocycles. The Balaban J connectivity index is 1.41. The number of amides is 1. The molecule has 55 heavy (non-hydrogen) atoms. The van der Waals surface area contributed by atoms with Crippen LogP contribution in [-0.2, 0) is 23.7 Å². The monoisotopic (exact) mass is 763 g/mol. The number of hydrogen-bond donors (Lipinski definition) is 1. The third-order valence-electron chi connectivity index (χ3n) is 8.63.